The molecule has 3 aliphatic carbocycles. The lowest BCUT2D eigenvalue weighted by molar-refractivity contribution is -0.0979. The van der Waals surface area contributed by atoms with Crippen LogP contribution >= 0.6 is 0 Å². The number of sulfonamides is 1. The van der Waals surface area contributed by atoms with Gasteiger partial charge in [-0.15, -0.1) is 0 Å². The molecule has 4 heteroatoms. The van der Waals surface area contributed by atoms with E-state index in [-0.39, 0.29) is 0 Å². The van der Waals surface area contributed by atoms with Gasteiger partial charge in [0.2, 0.25) is 10.0 Å². The summed E-state index contributed by atoms with van der Waals surface area (Å²) < 4.78 is 25.2. The van der Waals surface area contributed by atoms with Gasteiger partial charge in [0.05, 0.1) is 5.75 Å². The van der Waals surface area contributed by atoms with Crippen molar-refractivity contribution in [3.63, 3.8) is 0 Å². The van der Waals surface area contributed by atoms with E-state index in [1.807, 2.05) is 0 Å². The van der Waals surface area contributed by atoms with Gasteiger partial charge in [-0.05, 0) is 42.4 Å². The van der Waals surface area contributed by atoms with Gasteiger partial charge in [0.15, 0.2) is 0 Å². The topological polar surface area (TPSA) is 37.4 Å². The minimum absolute atomic E-state index is 0.348. The molecule has 0 aromatic rings. The lowest BCUT2D eigenvalue weighted by Gasteiger charge is -2.60. The Kier molecular flexibility index (Phi) is 2.86. The van der Waals surface area contributed by atoms with Crippen LogP contribution in [-0.4, -0.2) is 32.6 Å². The summed E-state index contributed by atoms with van der Waals surface area (Å²) in [6, 6.07) is 0. The van der Waals surface area contributed by atoms with E-state index in [1.54, 1.807) is 14.1 Å². The number of rotatable bonds is 3. The highest BCUT2D eigenvalue weighted by Crippen LogP contribution is 2.61. The van der Waals surface area contributed by atoms with Gasteiger partial charge in [-0.1, -0.05) is 13.8 Å². The van der Waals surface area contributed by atoms with Crippen LogP contribution < -0.4 is 0 Å². The zero-order valence-corrected chi connectivity index (χ0v) is 11.5. The van der Waals surface area contributed by atoms with Crippen molar-refractivity contribution >= 4 is 10.0 Å². The number of nitrogens with zero attached hydrogens (tertiary/aromatic N) is 1. The van der Waals surface area contributed by atoms with Gasteiger partial charge in [0, 0.05) is 14.1 Å². The molecular weight excluding hydrogens is 222 g/mol. The summed E-state index contributed by atoms with van der Waals surface area (Å²) in [7, 11) is 0.241. The molecule has 94 valence electrons. The first-order valence-corrected chi connectivity index (χ1v) is 7.76. The van der Waals surface area contributed by atoms with Crippen molar-refractivity contribution in [1.82, 2.24) is 4.31 Å². The molecule has 3 fully saturated rings. The van der Waals surface area contributed by atoms with Crippen LogP contribution in [0.1, 0.15) is 33.1 Å². The summed E-state index contributed by atoms with van der Waals surface area (Å²) in [5.74, 6) is 2.20. The monoisotopic (exact) mass is 245 g/mol. The molecule has 0 aliphatic heterocycles. The molecule has 0 aromatic heterocycles. The highest BCUT2D eigenvalue weighted by atomic mass is 32.2. The van der Waals surface area contributed by atoms with E-state index in [4.69, 9.17) is 0 Å². The van der Waals surface area contributed by atoms with Crippen LogP contribution in [0.4, 0.5) is 0 Å². The zero-order valence-electron chi connectivity index (χ0n) is 10.7. The van der Waals surface area contributed by atoms with E-state index >= 15 is 0 Å². The molecule has 0 saturated heterocycles. The van der Waals surface area contributed by atoms with Gasteiger partial charge in [0.1, 0.15) is 0 Å². The van der Waals surface area contributed by atoms with Gasteiger partial charge < -0.3 is 0 Å². The molecule has 0 N–H and O–H groups in total. The first-order valence-electron chi connectivity index (χ1n) is 6.15. The van der Waals surface area contributed by atoms with Crippen molar-refractivity contribution in [1.29, 1.82) is 0 Å². The summed E-state index contributed by atoms with van der Waals surface area (Å²) in [5.41, 5.74) is 0.380. The van der Waals surface area contributed by atoms with E-state index in [0.29, 0.717) is 23.0 Å². The molecule has 3 aliphatic rings. The fourth-order valence-electron chi connectivity index (χ4n) is 3.58. The van der Waals surface area contributed by atoms with Gasteiger partial charge in [-0.3, -0.25) is 0 Å². The van der Waals surface area contributed by atoms with Gasteiger partial charge in [-0.2, -0.15) is 0 Å². The Labute approximate surface area is 99.3 Å². The predicted molar refractivity (Wildman–Crippen MR) is 65.6 cm³/mol. The van der Waals surface area contributed by atoms with Gasteiger partial charge in [-0.25, -0.2) is 12.7 Å². The molecule has 16 heavy (non-hydrogen) atoms. The van der Waals surface area contributed by atoms with Crippen LogP contribution in [0.25, 0.3) is 0 Å². The summed E-state index contributed by atoms with van der Waals surface area (Å²) in [4.78, 5) is 0. The van der Waals surface area contributed by atoms with Crippen molar-refractivity contribution in [2.75, 3.05) is 19.8 Å². The van der Waals surface area contributed by atoms with E-state index in [9.17, 15) is 8.42 Å². The van der Waals surface area contributed by atoms with Crippen molar-refractivity contribution in [2.24, 2.45) is 23.2 Å². The summed E-state index contributed by atoms with van der Waals surface area (Å²) in [6.45, 7) is 4.61. The lowest BCUT2D eigenvalue weighted by Crippen LogP contribution is -2.54. The first-order chi connectivity index (χ1) is 7.25. The predicted octanol–water partition coefficient (Wildman–Crippen LogP) is 1.95. The number of hydrogen-bond acceptors (Lipinski definition) is 2. The second kappa shape index (κ2) is 3.70. The second-order valence-corrected chi connectivity index (χ2v) is 8.49. The fourth-order valence-corrected chi connectivity index (χ4v) is 4.82. The molecule has 0 heterocycles. The minimum Gasteiger partial charge on any atom is -0.212 e. The van der Waals surface area contributed by atoms with E-state index in [1.165, 1.54) is 17.1 Å². The van der Waals surface area contributed by atoms with Crippen molar-refractivity contribution in [3.05, 3.63) is 0 Å². The molecule has 0 radical (unpaired) electrons. The summed E-state index contributed by atoms with van der Waals surface area (Å²) in [5, 5.41) is 0. The fraction of sp³-hybridized carbons (Fsp3) is 1.00. The third-order valence-corrected chi connectivity index (χ3v) is 6.94. The molecule has 0 amide bonds. The average Bonchev–Trinajstić information content (AvgIpc) is 2.16. The number of fused-ring (bicyclic) bond motifs is 2. The highest BCUT2D eigenvalue weighted by Gasteiger charge is 2.54. The van der Waals surface area contributed by atoms with Crippen molar-refractivity contribution < 1.29 is 8.42 Å². The quantitative estimate of drug-likeness (QED) is 0.762. The Morgan fingerprint density at radius 3 is 2.31 bits per heavy atom. The maximum atomic E-state index is 11.9. The Morgan fingerprint density at radius 1 is 1.25 bits per heavy atom. The normalized spacial score (nSPS) is 37.2. The first kappa shape index (κ1) is 12.4. The Hall–Kier alpha value is -0.0900. The average molecular weight is 245 g/mol. The molecule has 2 bridgehead atoms. The number of hydrogen-bond donors (Lipinski definition) is 0. The maximum absolute atomic E-state index is 11.9. The standard InChI is InChI=1S/C12H23NO2S/c1-12(2)10-6-5-9(11(12)7-10)8-16(14,15)13(3)4/h9-11H,5-8H2,1-4H3/t9-,10-,11-/m0/s1. The Bertz CT molecular complexity index is 370. The van der Waals surface area contributed by atoms with Gasteiger partial charge >= 0.3 is 0 Å². The highest BCUT2D eigenvalue weighted by molar-refractivity contribution is 7.89. The smallest absolute Gasteiger partial charge is 0.212 e. The third kappa shape index (κ3) is 1.80. The SMILES string of the molecule is CN(C)S(=O)(=O)C[C@@H]1CC[C@H]2C[C@@H]1C2(C)C. The zero-order chi connectivity index (χ0) is 12.1. The largest absolute Gasteiger partial charge is 0.213 e. The summed E-state index contributed by atoms with van der Waals surface area (Å²) in [6.07, 6.45) is 3.57. The van der Waals surface area contributed by atoms with Crippen molar-refractivity contribution in [3.8, 4) is 0 Å². The molecule has 0 spiro atoms. The molecule has 3 saturated carbocycles. The van der Waals surface area contributed by atoms with E-state index < -0.39 is 10.0 Å². The van der Waals surface area contributed by atoms with Crippen LogP contribution in [-0.2, 0) is 10.0 Å². The lowest BCUT2D eigenvalue weighted by atomic mass is 9.46. The summed E-state index contributed by atoms with van der Waals surface area (Å²) >= 11 is 0. The van der Waals surface area contributed by atoms with Crippen LogP contribution in [0.5, 0.6) is 0 Å². The molecule has 0 unspecified atom stereocenters. The van der Waals surface area contributed by atoms with Crippen molar-refractivity contribution in [2.45, 2.75) is 33.1 Å². The minimum atomic E-state index is -3.02. The molecule has 0 aromatic carbocycles. The van der Waals surface area contributed by atoms with E-state index in [0.717, 1.165) is 12.3 Å². The Balaban J connectivity index is 2.07. The molecule has 3 rings (SSSR count). The third-order valence-electron chi connectivity index (χ3n) is 4.98. The second-order valence-electron chi connectivity index (χ2n) is 6.26. The van der Waals surface area contributed by atoms with Crippen LogP contribution in [0.15, 0.2) is 0 Å². The molecule has 3 atom stereocenters. The van der Waals surface area contributed by atoms with Crippen LogP contribution in [0, 0.1) is 23.2 Å². The molecular formula is C12H23NO2S. The van der Waals surface area contributed by atoms with E-state index in [2.05, 4.69) is 13.8 Å². The molecule has 3 nitrogen and oxygen atoms in total. The van der Waals surface area contributed by atoms with Crippen LogP contribution in [0.2, 0.25) is 0 Å². The van der Waals surface area contributed by atoms with Gasteiger partial charge in [0.25, 0.3) is 0 Å². The maximum Gasteiger partial charge on any atom is 0.213 e. The van der Waals surface area contributed by atoms with Crippen LogP contribution in [0.3, 0.4) is 0 Å². The Morgan fingerprint density at radius 2 is 1.88 bits per heavy atom.